The third-order valence-electron chi connectivity index (χ3n) is 7.81. The summed E-state index contributed by atoms with van der Waals surface area (Å²) in [5, 5.41) is 2.77. The van der Waals surface area contributed by atoms with Crippen molar-refractivity contribution in [1.29, 1.82) is 0 Å². The van der Waals surface area contributed by atoms with E-state index in [-0.39, 0.29) is 29.3 Å². The van der Waals surface area contributed by atoms with Gasteiger partial charge in [0.25, 0.3) is 0 Å². The first-order chi connectivity index (χ1) is 16.3. The van der Waals surface area contributed by atoms with E-state index in [0.29, 0.717) is 0 Å². The maximum absolute atomic E-state index is 13.2. The Bertz CT molecular complexity index is 1010. The van der Waals surface area contributed by atoms with Crippen molar-refractivity contribution >= 4 is 17.2 Å². The van der Waals surface area contributed by atoms with Gasteiger partial charge in [-0.3, -0.25) is 14.6 Å². The molecule has 1 aliphatic carbocycles. The van der Waals surface area contributed by atoms with Gasteiger partial charge in [0.05, 0.1) is 5.56 Å². The van der Waals surface area contributed by atoms with Gasteiger partial charge in [-0.2, -0.15) is 13.2 Å². The number of piperidine rings is 1. The Morgan fingerprint density at radius 2 is 1.59 bits per heavy atom. The molecule has 4 nitrogen and oxygen atoms in total. The number of nitrogens with zero attached hydrogens (tertiary/aromatic N) is 2. The summed E-state index contributed by atoms with van der Waals surface area (Å²) in [6, 6.07) is 9.98. The number of benzene rings is 1. The van der Waals surface area contributed by atoms with E-state index in [0.717, 1.165) is 51.5 Å². The predicted octanol–water partition coefficient (Wildman–Crippen LogP) is 5.28. The molecular weight excluding hydrogens is 459 g/mol. The molecule has 184 valence electrons. The molecule has 5 rings (SSSR count). The largest absolute Gasteiger partial charge is 0.416 e. The van der Waals surface area contributed by atoms with Crippen LogP contribution < -0.4 is 5.32 Å². The van der Waals surface area contributed by atoms with E-state index in [1.54, 1.807) is 6.07 Å². The highest BCUT2D eigenvalue weighted by Gasteiger charge is 2.58. The summed E-state index contributed by atoms with van der Waals surface area (Å²) in [7, 11) is 0. The topological polar surface area (TPSA) is 35.6 Å². The number of hydrogen-bond donors (Lipinski definition) is 1. The fourth-order valence-electron chi connectivity index (χ4n) is 5.66. The molecule has 0 bridgehead atoms. The quantitative estimate of drug-likeness (QED) is 0.572. The minimum absolute atomic E-state index is 0.0422. The van der Waals surface area contributed by atoms with Gasteiger partial charge in [0.1, 0.15) is 0 Å². The Morgan fingerprint density at radius 3 is 2.24 bits per heavy atom. The van der Waals surface area contributed by atoms with Crippen LogP contribution in [0.15, 0.2) is 36.4 Å². The van der Waals surface area contributed by atoms with Gasteiger partial charge in [-0.25, -0.2) is 0 Å². The van der Waals surface area contributed by atoms with E-state index in [1.807, 2.05) is 11.3 Å². The second kappa shape index (κ2) is 9.63. The highest BCUT2D eigenvalue weighted by Crippen LogP contribution is 2.59. The van der Waals surface area contributed by atoms with Crippen LogP contribution in [-0.2, 0) is 30.6 Å². The molecule has 3 aliphatic rings. The van der Waals surface area contributed by atoms with E-state index >= 15 is 0 Å². The number of likely N-dealkylation sites (tertiary alicyclic amines) is 2. The summed E-state index contributed by atoms with van der Waals surface area (Å²) in [5.41, 5.74) is -0.514. The number of alkyl halides is 3. The van der Waals surface area contributed by atoms with Crippen LogP contribution in [0.25, 0.3) is 0 Å². The van der Waals surface area contributed by atoms with Crippen molar-refractivity contribution in [1.82, 2.24) is 15.1 Å². The number of halogens is 3. The van der Waals surface area contributed by atoms with Crippen molar-refractivity contribution in [2.45, 2.75) is 57.9 Å². The molecule has 1 aromatic carbocycles. The Balaban J connectivity index is 1.08. The highest BCUT2D eigenvalue weighted by atomic mass is 32.1. The van der Waals surface area contributed by atoms with Crippen molar-refractivity contribution in [3.05, 3.63) is 57.3 Å². The van der Waals surface area contributed by atoms with Crippen LogP contribution in [0.3, 0.4) is 0 Å². The van der Waals surface area contributed by atoms with Gasteiger partial charge in [-0.05, 0) is 87.5 Å². The first-order valence-corrected chi connectivity index (χ1v) is 13.1. The third-order valence-corrected chi connectivity index (χ3v) is 8.86. The van der Waals surface area contributed by atoms with Crippen LogP contribution in [0.2, 0.25) is 0 Å². The Morgan fingerprint density at radius 1 is 0.971 bits per heavy atom. The number of thiophene rings is 1. The number of amides is 1. The molecule has 34 heavy (non-hydrogen) atoms. The summed E-state index contributed by atoms with van der Waals surface area (Å²) in [6.07, 6.45) is 1.03. The lowest BCUT2D eigenvalue weighted by Crippen LogP contribution is -2.36. The fourth-order valence-corrected chi connectivity index (χ4v) is 6.76. The maximum atomic E-state index is 13.2. The molecule has 1 aromatic heterocycles. The van der Waals surface area contributed by atoms with Crippen LogP contribution >= 0.6 is 11.3 Å². The second-order valence-corrected chi connectivity index (χ2v) is 11.4. The summed E-state index contributed by atoms with van der Waals surface area (Å²) >= 11 is 1.91. The van der Waals surface area contributed by atoms with Gasteiger partial charge >= 0.3 is 6.18 Å². The van der Waals surface area contributed by atoms with Gasteiger partial charge in [0.15, 0.2) is 0 Å². The smallest absolute Gasteiger partial charge is 0.352 e. The number of carbonyl (C=O) groups excluding carboxylic acids is 1. The minimum Gasteiger partial charge on any atom is -0.352 e. The molecule has 1 atom stereocenters. The zero-order chi connectivity index (χ0) is 23.8. The van der Waals surface area contributed by atoms with Crippen LogP contribution in [0, 0.1) is 11.3 Å². The van der Waals surface area contributed by atoms with Gasteiger partial charge in [0.2, 0.25) is 5.91 Å². The lowest BCUT2D eigenvalue weighted by molar-refractivity contribution is -0.138. The molecule has 1 N–H and O–H groups in total. The van der Waals surface area contributed by atoms with Gasteiger partial charge in [-0.15, -0.1) is 11.3 Å². The van der Waals surface area contributed by atoms with Crippen LogP contribution in [-0.4, -0.2) is 41.9 Å². The summed E-state index contributed by atoms with van der Waals surface area (Å²) < 4.78 is 39.6. The lowest BCUT2D eigenvalue weighted by atomic mass is 9.90. The Kier molecular flexibility index (Phi) is 6.75. The van der Waals surface area contributed by atoms with E-state index in [9.17, 15) is 18.0 Å². The SMILES string of the molecule is O=C(NCc1ccccc1C(F)(F)F)C1CC12CCN(Cc1ccc(CN3CCCC3)s1)CC2. The molecule has 1 saturated carbocycles. The molecule has 3 heterocycles. The van der Waals surface area contributed by atoms with Crippen molar-refractivity contribution in [3.8, 4) is 0 Å². The zero-order valence-electron chi connectivity index (χ0n) is 19.4. The van der Waals surface area contributed by atoms with E-state index < -0.39 is 11.7 Å². The van der Waals surface area contributed by atoms with E-state index in [4.69, 9.17) is 0 Å². The second-order valence-electron chi connectivity index (χ2n) is 10.1. The number of hydrogen-bond acceptors (Lipinski definition) is 4. The normalized spacial score (nSPS) is 22.9. The predicted molar refractivity (Wildman–Crippen MR) is 127 cm³/mol. The van der Waals surface area contributed by atoms with Crippen molar-refractivity contribution in [2.75, 3.05) is 26.2 Å². The van der Waals surface area contributed by atoms with Crippen LogP contribution in [0.1, 0.15) is 53.0 Å². The molecule has 2 saturated heterocycles. The van der Waals surface area contributed by atoms with Crippen LogP contribution in [0.4, 0.5) is 13.2 Å². The number of nitrogens with one attached hydrogen (secondary N) is 1. The monoisotopic (exact) mass is 491 g/mol. The van der Waals surface area contributed by atoms with Gasteiger partial charge in [-0.1, -0.05) is 18.2 Å². The zero-order valence-corrected chi connectivity index (χ0v) is 20.2. The maximum Gasteiger partial charge on any atom is 0.416 e. The molecule has 2 aliphatic heterocycles. The van der Waals surface area contributed by atoms with Crippen molar-refractivity contribution in [3.63, 3.8) is 0 Å². The first-order valence-electron chi connectivity index (χ1n) is 12.3. The molecule has 8 heteroatoms. The first kappa shape index (κ1) is 23.8. The lowest BCUT2D eigenvalue weighted by Gasteiger charge is -2.32. The molecule has 1 spiro atoms. The molecule has 1 unspecified atom stereocenters. The van der Waals surface area contributed by atoms with Gasteiger partial charge in [0, 0.05) is 35.3 Å². The molecule has 1 amide bonds. The Hall–Kier alpha value is -1.90. The molecular formula is C26H32F3N3OS. The van der Waals surface area contributed by atoms with Crippen molar-refractivity contribution in [2.24, 2.45) is 11.3 Å². The summed E-state index contributed by atoms with van der Waals surface area (Å²) in [4.78, 5) is 20.6. The average molecular weight is 492 g/mol. The standard InChI is InChI=1S/C26H32F3N3OS/c27-26(28,29)22-6-2-1-5-19(22)16-30-24(33)23-15-25(23)9-13-32(14-10-25)18-21-8-7-20(34-21)17-31-11-3-4-12-31/h1-2,5-8,23H,3-4,9-18H2,(H,30,33). The number of rotatable bonds is 7. The Labute approximate surface area is 203 Å². The van der Waals surface area contributed by atoms with Crippen LogP contribution in [0.5, 0.6) is 0 Å². The average Bonchev–Trinajstić information content (AvgIpc) is 3.13. The molecule has 0 radical (unpaired) electrons. The van der Waals surface area contributed by atoms with Crippen molar-refractivity contribution < 1.29 is 18.0 Å². The number of carbonyl (C=O) groups is 1. The van der Waals surface area contributed by atoms with E-state index in [1.165, 1.54) is 47.8 Å². The van der Waals surface area contributed by atoms with E-state index in [2.05, 4.69) is 27.2 Å². The highest BCUT2D eigenvalue weighted by molar-refractivity contribution is 7.11. The molecule has 3 fully saturated rings. The minimum atomic E-state index is -4.41. The van der Waals surface area contributed by atoms with Gasteiger partial charge < -0.3 is 5.32 Å². The summed E-state index contributed by atoms with van der Waals surface area (Å²) in [6.45, 7) is 6.32. The fraction of sp³-hybridized carbons (Fsp3) is 0.577. The third kappa shape index (κ3) is 5.34. The summed E-state index contributed by atoms with van der Waals surface area (Å²) in [5.74, 6) is -0.170. The molecule has 2 aromatic rings.